The van der Waals surface area contributed by atoms with Gasteiger partial charge in [-0.05, 0) is 49.1 Å². The monoisotopic (exact) mass is 267 g/mol. The van der Waals surface area contributed by atoms with E-state index < -0.39 is 0 Å². The van der Waals surface area contributed by atoms with Gasteiger partial charge in [0.25, 0.3) is 0 Å². The van der Waals surface area contributed by atoms with Gasteiger partial charge in [-0.3, -0.25) is 0 Å². The molecular weight excluding hydrogens is 246 g/mol. The fraction of sp³-hybridized carbons (Fsp3) is 0.333. The third-order valence-corrected chi connectivity index (χ3v) is 3.60. The number of hydrogen-bond acceptors (Lipinski definition) is 2. The highest BCUT2D eigenvalue weighted by molar-refractivity contribution is 5.24. The van der Waals surface area contributed by atoms with Crippen molar-refractivity contribution in [2.45, 2.75) is 31.9 Å². The highest BCUT2D eigenvalue weighted by atomic mass is 16.5. The Morgan fingerprint density at radius 2 is 1.60 bits per heavy atom. The summed E-state index contributed by atoms with van der Waals surface area (Å²) in [5.41, 5.74) is 2.61. The molecule has 1 N–H and O–H groups in total. The summed E-state index contributed by atoms with van der Waals surface area (Å²) in [6, 6.07) is 19.5. The molecule has 2 nitrogen and oxygen atoms in total. The highest BCUT2D eigenvalue weighted by Gasteiger charge is 2.19. The Morgan fingerprint density at radius 3 is 2.30 bits per heavy atom. The van der Waals surface area contributed by atoms with E-state index in [9.17, 15) is 0 Å². The van der Waals surface area contributed by atoms with E-state index in [1.54, 1.807) is 0 Å². The molecule has 1 saturated carbocycles. The predicted octanol–water partition coefficient (Wildman–Crippen LogP) is 3.56. The van der Waals surface area contributed by atoms with Crippen LogP contribution in [0.1, 0.15) is 24.0 Å². The van der Waals surface area contributed by atoms with E-state index in [-0.39, 0.29) is 0 Å². The van der Waals surface area contributed by atoms with E-state index in [1.165, 1.54) is 24.0 Å². The van der Waals surface area contributed by atoms with Crippen molar-refractivity contribution in [2.24, 2.45) is 0 Å². The molecule has 2 aromatic carbocycles. The standard InChI is InChI=1S/C18H21NO/c1-2-4-18(5-3-1)20-14-16-8-6-15(7-9-16)12-13-19-17-10-11-17/h1-9,17,19H,10-14H2. The number of para-hydroxylation sites is 1. The number of rotatable bonds is 7. The van der Waals surface area contributed by atoms with Gasteiger partial charge in [-0.2, -0.15) is 0 Å². The van der Waals surface area contributed by atoms with Crippen molar-refractivity contribution in [3.8, 4) is 5.75 Å². The van der Waals surface area contributed by atoms with E-state index in [2.05, 4.69) is 29.6 Å². The second kappa shape index (κ2) is 6.58. The third-order valence-electron chi connectivity index (χ3n) is 3.60. The van der Waals surface area contributed by atoms with Crippen LogP contribution in [0, 0.1) is 0 Å². The number of benzene rings is 2. The summed E-state index contributed by atoms with van der Waals surface area (Å²) in [5.74, 6) is 0.921. The maximum atomic E-state index is 5.74. The number of nitrogens with one attached hydrogen (secondary N) is 1. The van der Waals surface area contributed by atoms with E-state index in [4.69, 9.17) is 4.74 Å². The van der Waals surface area contributed by atoms with Gasteiger partial charge < -0.3 is 10.1 Å². The molecule has 0 atom stereocenters. The molecule has 20 heavy (non-hydrogen) atoms. The summed E-state index contributed by atoms with van der Waals surface area (Å²) in [5, 5.41) is 3.54. The maximum Gasteiger partial charge on any atom is 0.119 e. The lowest BCUT2D eigenvalue weighted by molar-refractivity contribution is 0.306. The second-order valence-corrected chi connectivity index (χ2v) is 5.40. The fourth-order valence-corrected chi connectivity index (χ4v) is 2.19. The minimum absolute atomic E-state index is 0.630. The Balaban J connectivity index is 1.45. The van der Waals surface area contributed by atoms with Crippen LogP contribution in [0.25, 0.3) is 0 Å². The van der Waals surface area contributed by atoms with E-state index >= 15 is 0 Å². The van der Waals surface area contributed by atoms with Crippen molar-refractivity contribution in [1.29, 1.82) is 0 Å². The first-order valence-electron chi connectivity index (χ1n) is 7.39. The minimum Gasteiger partial charge on any atom is -0.489 e. The zero-order chi connectivity index (χ0) is 13.6. The molecule has 0 aromatic heterocycles. The van der Waals surface area contributed by atoms with E-state index in [1.807, 2.05) is 30.3 Å². The van der Waals surface area contributed by atoms with Crippen LogP contribution >= 0.6 is 0 Å². The topological polar surface area (TPSA) is 21.3 Å². The van der Waals surface area contributed by atoms with Crippen LogP contribution in [-0.2, 0) is 13.0 Å². The highest BCUT2D eigenvalue weighted by Crippen LogP contribution is 2.18. The molecule has 0 saturated heterocycles. The average Bonchev–Trinajstić information content (AvgIpc) is 3.32. The molecule has 0 amide bonds. The lowest BCUT2D eigenvalue weighted by Crippen LogP contribution is -2.19. The van der Waals surface area contributed by atoms with Crippen LogP contribution in [0.3, 0.4) is 0 Å². The molecule has 0 bridgehead atoms. The molecule has 1 aliphatic carbocycles. The summed E-state index contributed by atoms with van der Waals surface area (Å²) in [7, 11) is 0. The Bertz CT molecular complexity index is 517. The molecule has 0 radical (unpaired) electrons. The second-order valence-electron chi connectivity index (χ2n) is 5.40. The first-order chi connectivity index (χ1) is 9.90. The molecule has 1 aliphatic rings. The van der Waals surface area contributed by atoms with Crippen LogP contribution < -0.4 is 10.1 Å². The average molecular weight is 267 g/mol. The van der Waals surface area contributed by atoms with Crippen molar-refractivity contribution in [3.63, 3.8) is 0 Å². The molecule has 0 unspecified atom stereocenters. The lowest BCUT2D eigenvalue weighted by Gasteiger charge is -2.07. The molecule has 0 aliphatic heterocycles. The van der Waals surface area contributed by atoms with Gasteiger partial charge in [0.2, 0.25) is 0 Å². The third kappa shape index (κ3) is 4.10. The minimum atomic E-state index is 0.630. The van der Waals surface area contributed by atoms with Crippen molar-refractivity contribution in [3.05, 3.63) is 65.7 Å². The van der Waals surface area contributed by atoms with Crippen LogP contribution in [-0.4, -0.2) is 12.6 Å². The largest absolute Gasteiger partial charge is 0.489 e. The summed E-state index contributed by atoms with van der Waals surface area (Å²) in [4.78, 5) is 0. The first-order valence-corrected chi connectivity index (χ1v) is 7.39. The zero-order valence-corrected chi connectivity index (χ0v) is 11.7. The fourth-order valence-electron chi connectivity index (χ4n) is 2.19. The molecule has 1 fully saturated rings. The van der Waals surface area contributed by atoms with Gasteiger partial charge in [0.1, 0.15) is 12.4 Å². The predicted molar refractivity (Wildman–Crippen MR) is 81.9 cm³/mol. The van der Waals surface area contributed by atoms with Crippen molar-refractivity contribution in [1.82, 2.24) is 5.32 Å². The normalized spacial score (nSPS) is 14.2. The zero-order valence-electron chi connectivity index (χ0n) is 11.7. The summed E-state index contributed by atoms with van der Waals surface area (Å²) >= 11 is 0. The van der Waals surface area contributed by atoms with Crippen molar-refractivity contribution >= 4 is 0 Å². The van der Waals surface area contributed by atoms with Crippen LogP contribution in [0.4, 0.5) is 0 Å². The summed E-state index contributed by atoms with van der Waals surface area (Å²) in [6.45, 7) is 1.72. The van der Waals surface area contributed by atoms with Gasteiger partial charge >= 0.3 is 0 Å². The van der Waals surface area contributed by atoms with Crippen LogP contribution in [0.2, 0.25) is 0 Å². The van der Waals surface area contributed by atoms with E-state index in [0.29, 0.717) is 6.61 Å². The van der Waals surface area contributed by atoms with E-state index in [0.717, 1.165) is 24.8 Å². The molecule has 0 spiro atoms. The van der Waals surface area contributed by atoms with Gasteiger partial charge in [-0.1, -0.05) is 42.5 Å². The SMILES string of the molecule is c1ccc(OCc2ccc(CCNC3CC3)cc2)cc1. The molecule has 104 valence electrons. The summed E-state index contributed by atoms with van der Waals surface area (Å²) < 4.78 is 5.74. The smallest absolute Gasteiger partial charge is 0.119 e. The van der Waals surface area contributed by atoms with Crippen LogP contribution in [0.5, 0.6) is 5.75 Å². The number of hydrogen-bond donors (Lipinski definition) is 1. The Kier molecular flexibility index (Phi) is 4.34. The number of ether oxygens (including phenoxy) is 1. The van der Waals surface area contributed by atoms with Gasteiger partial charge in [0.05, 0.1) is 0 Å². The molecule has 3 rings (SSSR count). The van der Waals surface area contributed by atoms with Gasteiger partial charge in [0, 0.05) is 6.04 Å². The summed E-state index contributed by atoms with van der Waals surface area (Å²) in [6.07, 6.45) is 3.82. The molecule has 0 heterocycles. The van der Waals surface area contributed by atoms with Crippen molar-refractivity contribution < 1.29 is 4.74 Å². The van der Waals surface area contributed by atoms with Gasteiger partial charge in [0.15, 0.2) is 0 Å². The molecular formula is C18H21NO. The molecule has 2 heteroatoms. The Morgan fingerprint density at radius 1 is 0.900 bits per heavy atom. The molecule has 2 aromatic rings. The first kappa shape index (κ1) is 13.2. The lowest BCUT2D eigenvalue weighted by atomic mass is 10.1. The van der Waals surface area contributed by atoms with Crippen molar-refractivity contribution in [2.75, 3.05) is 6.54 Å². The van der Waals surface area contributed by atoms with Crippen LogP contribution in [0.15, 0.2) is 54.6 Å². The maximum absolute atomic E-state index is 5.74. The van der Waals surface area contributed by atoms with Gasteiger partial charge in [-0.25, -0.2) is 0 Å². The Hall–Kier alpha value is -1.80. The quantitative estimate of drug-likeness (QED) is 0.828. The van der Waals surface area contributed by atoms with Gasteiger partial charge in [-0.15, -0.1) is 0 Å². The Labute approximate surface area is 120 Å².